The van der Waals surface area contributed by atoms with Gasteiger partial charge in [0.05, 0.1) is 0 Å². The van der Waals surface area contributed by atoms with E-state index in [0.29, 0.717) is 12.2 Å². The summed E-state index contributed by atoms with van der Waals surface area (Å²) in [6.45, 7) is 3.01. The summed E-state index contributed by atoms with van der Waals surface area (Å²) < 4.78 is 28.2. The number of amides is 1. The van der Waals surface area contributed by atoms with Crippen molar-refractivity contribution in [1.82, 2.24) is 10.2 Å². The maximum absolute atomic E-state index is 12.8. The largest absolute Gasteiger partial charge is 0.347 e. The van der Waals surface area contributed by atoms with Crippen LogP contribution in [0.4, 0.5) is 5.69 Å². The van der Waals surface area contributed by atoms with Crippen LogP contribution in [0.15, 0.2) is 64.9 Å². The summed E-state index contributed by atoms with van der Waals surface area (Å²) in [4.78, 5) is 15.0. The van der Waals surface area contributed by atoms with Gasteiger partial charge in [-0.3, -0.25) is 9.52 Å². The normalized spacial score (nSPS) is 11.5. The van der Waals surface area contributed by atoms with Gasteiger partial charge >= 0.3 is 0 Å². The number of carbonyl (C=O) groups excluding carboxylic acids is 1. The topological polar surface area (TPSA) is 78.5 Å². The zero-order chi connectivity index (χ0) is 21.7. The number of rotatable bonds is 8. The summed E-state index contributed by atoms with van der Waals surface area (Å²) in [5.41, 5.74) is 3.60. The average Bonchev–Trinajstić information content (AvgIpc) is 3.19. The molecular weight excluding hydrogens is 418 g/mol. The van der Waals surface area contributed by atoms with Gasteiger partial charge in [-0.05, 0) is 55.7 Å². The highest BCUT2D eigenvalue weighted by Crippen LogP contribution is 2.25. The predicted octanol–water partition coefficient (Wildman–Crippen LogP) is 3.85. The highest BCUT2D eigenvalue weighted by molar-refractivity contribution is 7.93. The molecule has 3 rings (SSSR count). The molecule has 1 aromatic heterocycles. The molecule has 2 aromatic carbocycles. The number of nitrogens with zero attached hydrogens (tertiary/aromatic N) is 1. The van der Waals surface area contributed by atoms with Crippen LogP contribution in [0.2, 0.25) is 0 Å². The van der Waals surface area contributed by atoms with E-state index in [4.69, 9.17) is 0 Å². The third-order valence-electron chi connectivity index (χ3n) is 4.47. The first-order chi connectivity index (χ1) is 14.3. The second-order valence-electron chi connectivity index (χ2n) is 7.27. The predicted molar refractivity (Wildman–Crippen MR) is 121 cm³/mol. The fourth-order valence-electron chi connectivity index (χ4n) is 2.99. The van der Waals surface area contributed by atoms with Crippen molar-refractivity contribution in [3.8, 4) is 0 Å². The van der Waals surface area contributed by atoms with Crippen molar-refractivity contribution in [1.29, 1.82) is 0 Å². The smallest absolute Gasteiger partial charge is 0.263 e. The molecule has 30 heavy (non-hydrogen) atoms. The van der Waals surface area contributed by atoms with E-state index in [1.165, 1.54) is 6.07 Å². The number of anilines is 1. The van der Waals surface area contributed by atoms with Crippen molar-refractivity contribution in [3.63, 3.8) is 0 Å². The Labute approximate surface area is 181 Å². The minimum Gasteiger partial charge on any atom is -0.347 e. The number of hydrogen-bond acceptors (Lipinski definition) is 5. The van der Waals surface area contributed by atoms with Crippen LogP contribution < -0.4 is 10.0 Å². The second-order valence-corrected chi connectivity index (χ2v) is 9.84. The molecule has 0 saturated heterocycles. The van der Waals surface area contributed by atoms with E-state index in [2.05, 4.69) is 14.9 Å². The van der Waals surface area contributed by atoms with Gasteiger partial charge in [-0.15, -0.1) is 11.3 Å². The Morgan fingerprint density at radius 1 is 1.00 bits per heavy atom. The molecule has 0 fully saturated rings. The molecule has 1 heterocycles. The van der Waals surface area contributed by atoms with Crippen molar-refractivity contribution in [2.24, 2.45) is 0 Å². The fraction of sp³-hybridized carbons (Fsp3) is 0.227. The van der Waals surface area contributed by atoms with Crippen LogP contribution in [0, 0.1) is 6.92 Å². The molecule has 0 unspecified atom stereocenters. The molecule has 2 N–H and O–H groups in total. The van der Waals surface area contributed by atoms with Crippen LogP contribution in [0.1, 0.15) is 26.4 Å². The van der Waals surface area contributed by atoms with Gasteiger partial charge in [0, 0.05) is 18.8 Å². The maximum Gasteiger partial charge on any atom is 0.263 e. The molecule has 0 bridgehead atoms. The Hall–Kier alpha value is -2.68. The van der Waals surface area contributed by atoms with Gasteiger partial charge in [-0.25, -0.2) is 8.42 Å². The summed E-state index contributed by atoms with van der Waals surface area (Å²) in [7, 11) is 0.0980. The Morgan fingerprint density at radius 3 is 2.33 bits per heavy atom. The summed E-state index contributed by atoms with van der Waals surface area (Å²) in [5, 5.41) is 4.47. The van der Waals surface area contributed by atoms with Crippen molar-refractivity contribution in [3.05, 3.63) is 81.5 Å². The lowest BCUT2D eigenvalue weighted by atomic mass is 10.1. The SMILES string of the molecule is Cc1ccc(NS(=O)(=O)c2ccsc2C(=O)NCc2ccccc2CN(C)C)cc1. The van der Waals surface area contributed by atoms with Crippen molar-refractivity contribution < 1.29 is 13.2 Å². The molecule has 0 atom stereocenters. The van der Waals surface area contributed by atoms with E-state index in [0.717, 1.165) is 34.6 Å². The lowest BCUT2D eigenvalue weighted by Gasteiger charge is -2.15. The van der Waals surface area contributed by atoms with Crippen LogP contribution in [-0.4, -0.2) is 33.3 Å². The number of sulfonamides is 1. The van der Waals surface area contributed by atoms with Crippen molar-refractivity contribution in [2.75, 3.05) is 18.8 Å². The maximum atomic E-state index is 12.8. The number of carbonyl (C=O) groups is 1. The van der Waals surface area contributed by atoms with E-state index in [1.54, 1.807) is 17.5 Å². The Bertz CT molecular complexity index is 1120. The molecule has 0 saturated carbocycles. The van der Waals surface area contributed by atoms with Crippen LogP contribution >= 0.6 is 11.3 Å². The van der Waals surface area contributed by atoms with E-state index in [9.17, 15) is 13.2 Å². The summed E-state index contributed by atoms with van der Waals surface area (Å²) in [6, 6.07) is 16.4. The molecule has 0 radical (unpaired) electrons. The number of hydrogen-bond donors (Lipinski definition) is 2. The quantitative estimate of drug-likeness (QED) is 0.554. The van der Waals surface area contributed by atoms with Gasteiger partial charge in [-0.2, -0.15) is 0 Å². The van der Waals surface area contributed by atoms with Gasteiger partial charge in [0.2, 0.25) is 0 Å². The van der Waals surface area contributed by atoms with Crippen LogP contribution in [0.25, 0.3) is 0 Å². The Kier molecular flexibility index (Phi) is 6.91. The first kappa shape index (κ1) is 22.0. The van der Waals surface area contributed by atoms with Crippen LogP contribution in [0.3, 0.4) is 0 Å². The third kappa shape index (κ3) is 5.47. The highest BCUT2D eigenvalue weighted by atomic mass is 32.2. The fourth-order valence-corrected chi connectivity index (χ4v) is 5.39. The Balaban J connectivity index is 1.75. The number of benzene rings is 2. The first-order valence-electron chi connectivity index (χ1n) is 9.43. The standard InChI is InChI=1S/C22H25N3O3S2/c1-16-8-10-19(11-9-16)24-30(27,28)20-12-13-29-21(20)22(26)23-14-17-6-4-5-7-18(17)15-25(2)3/h4-13,24H,14-15H2,1-3H3,(H,23,26). The third-order valence-corrected chi connectivity index (χ3v) is 6.94. The molecule has 6 nitrogen and oxygen atoms in total. The van der Waals surface area contributed by atoms with Crippen LogP contribution in [-0.2, 0) is 23.1 Å². The zero-order valence-electron chi connectivity index (χ0n) is 17.2. The molecule has 1 amide bonds. The van der Waals surface area contributed by atoms with Crippen LogP contribution in [0.5, 0.6) is 0 Å². The van der Waals surface area contributed by atoms with Gasteiger partial charge in [0.15, 0.2) is 0 Å². The number of aryl methyl sites for hydroxylation is 1. The molecule has 0 aliphatic heterocycles. The van der Waals surface area contributed by atoms with Gasteiger partial charge in [0.1, 0.15) is 9.77 Å². The molecular formula is C22H25N3O3S2. The van der Waals surface area contributed by atoms with E-state index in [-0.39, 0.29) is 9.77 Å². The second kappa shape index (κ2) is 9.42. The number of thiophene rings is 1. The first-order valence-corrected chi connectivity index (χ1v) is 11.8. The average molecular weight is 444 g/mol. The lowest BCUT2D eigenvalue weighted by Crippen LogP contribution is -2.25. The van der Waals surface area contributed by atoms with Crippen molar-refractivity contribution in [2.45, 2.75) is 24.9 Å². The molecule has 0 aliphatic rings. The summed E-state index contributed by atoms with van der Waals surface area (Å²) in [6.07, 6.45) is 0. The van der Waals surface area contributed by atoms with Crippen molar-refractivity contribution >= 4 is 33.0 Å². The Morgan fingerprint density at radius 2 is 1.67 bits per heavy atom. The molecule has 0 aliphatic carbocycles. The molecule has 158 valence electrons. The van der Waals surface area contributed by atoms with Gasteiger partial charge < -0.3 is 10.2 Å². The summed E-state index contributed by atoms with van der Waals surface area (Å²) >= 11 is 1.11. The van der Waals surface area contributed by atoms with E-state index >= 15 is 0 Å². The zero-order valence-corrected chi connectivity index (χ0v) is 18.8. The van der Waals surface area contributed by atoms with Gasteiger partial charge in [-0.1, -0.05) is 42.0 Å². The molecule has 3 aromatic rings. The van der Waals surface area contributed by atoms with E-state index < -0.39 is 15.9 Å². The molecule has 0 spiro atoms. The lowest BCUT2D eigenvalue weighted by molar-refractivity contribution is 0.0952. The highest BCUT2D eigenvalue weighted by Gasteiger charge is 2.24. The minimum absolute atomic E-state index is 0.0212. The molecule has 8 heteroatoms. The number of nitrogens with one attached hydrogen (secondary N) is 2. The van der Waals surface area contributed by atoms with E-state index in [1.807, 2.05) is 57.4 Å². The minimum atomic E-state index is -3.87. The monoisotopic (exact) mass is 443 g/mol. The van der Waals surface area contributed by atoms with Gasteiger partial charge in [0.25, 0.3) is 15.9 Å². The summed E-state index contributed by atoms with van der Waals surface area (Å²) in [5.74, 6) is -0.408.